The van der Waals surface area contributed by atoms with Crippen LogP contribution in [0.2, 0.25) is 0 Å². The van der Waals surface area contributed by atoms with E-state index in [0.717, 1.165) is 23.1 Å². The molecular weight excluding hydrogens is 352 g/mol. The molecule has 0 aromatic heterocycles. The number of esters is 1. The molecule has 1 unspecified atom stereocenters. The lowest BCUT2D eigenvalue weighted by atomic mass is 9.88. The van der Waals surface area contributed by atoms with Crippen LogP contribution in [0.4, 0.5) is 0 Å². The lowest BCUT2D eigenvalue weighted by molar-refractivity contribution is 0.0598. The van der Waals surface area contributed by atoms with Crippen molar-refractivity contribution in [3.8, 4) is 5.75 Å². The Bertz CT molecular complexity index is 866. The Morgan fingerprint density at radius 1 is 1.21 bits per heavy atom. The lowest BCUT2D eigenvalue weighted by Gasteiger charge is -2.20. The van der Waals surface area contributed by atoms with Crippen LogP contribution in [0, 0.1) is 0 Å². The summed E-state index contributed by atoms with van der Waals surface area (Å²) in [4.78, 5) is 12.8. The van der Waals surface area contributed by atoms with E-state index in [2.05, 4.69) is 12.7 Å². The third-order valence-corrected chi connectivity index (χ3v) is 4.58. The molecule has 2 aromatic carbocycles. The Morgan fingerprint density at radius 3 is 2.43 bits per heavy atom. The van der Waals surface area contributed by atoms with Crippen LogP contribution in [0.1, 0.15) is 47.3 Å². The predicted molar refractivity (Wildman–Crippen MR) is 113 cm³/mol. The third kappa shape index (κ3) is 4.90. The van der Waals surface area contributed by atoms with Gasteiger partial charge in [-0.25, -0.2) is 4.79 Å². The standard InChI is InChI=1S/C24H28O4/c1-6-10-20(17-11-8-7-9-12-17)21-15-19(27-4)13-18(14-22(25)16(2)3)23(21)24(26)28-5/h7-13,15,22,25H,2,6,14H2,1,3-5H3/b20-10+. The topological polar surface area (TPSA) is 55.8 Å². The first-order valence-electron chi connectivity index (χ1n) is 9.31. The third-order valence-electron chi connectivity index (χ3n) is 4.58. The van der Waals surface area contributed by atoms with Gasteiger partial charge in [0.2, 0.25) is 0 Å². The van der Waals surface area contributed by atoms with E-state index in [-0.39, 0.29) is 6.42 Å². The first-order chi connectivity index (χ1) is 13.4. The highest BCUT2D eigenvalue weighted by Crippen LogP contribution is 2.34. The molecule has 0 aliphatic rings. The largest absolute Gasteiger partial charge is 0.497 e. The molecule has 1 N–H and O–H groups in total. The fourth-order valence-electron chi connectivity index (χ4n) is 3.10. The maximum atomic E-state index is 12.8. The van der Waals surface area contributed by atoms with Crippen LogP contribution in [-0.4, -0.2) is 31.4 Å². The molecule has 0 saturated heterocycles. The molecule has 2 aromatic rings. The van der Waals surface area contributed by atoms with Crippen molar-refractivity contribution in [1.29, 1.82) is 0 Å². The second-order valence-electron chi connectivity index (χ2n) is 6.66. The van der Waals surface area contributed by atoms with E-state index < -0.39 is 12.1 Å². The molecule has 4 nitrogen and oxygen atoms in total. The van der Waals surface area contributed by atoms with Crippen LogP contribution in [0.3, 0.4) is 0 Å². The molecule has 0 spiro atoms. The molecule has 0 amide bonds. The molecule has 0 bridgehead atoms. The van der Waals surface area contributed by atoms with Crippen molar-refractivity contribution < 1.29 is 19.4 Å². The number of methoxy groups -OCH3 is 2. The maximum Gasteiger partial charge on any atom is 0.338 e. The summed E-state index contributed by atoms with van der Waals surface area (Å²) < 4.78 is 10.6. The summed E-state index contributed by atoms with van der Waals surface area (Å²) in [7, 11) is 2.95. The van der Waals surface area contributed by atoms with Crippen LogP contribution < -0.4 is 4.74 Å². The van der Waals surface area contributed by atoms with Gasteiger partial charge in [-0.15, -0.1) is 0 Å². The number of ether oxygens (including phenoxy) is 2. The van der Waals surface area contributed by atoms with E-state index in [1.54, 1.807) is 20.1 Å². The first kappa shape index (κ1) is 21.5. The van der Waals surface area contributed by atoms with E-state index in [4.69, 9.17) is 9.47 Å². The van der Waals surface area contributed by atoms with E-state index in [1.165, 1.54) is 7.11 Å². The highest BCUT2D eigenvalue weighted by molar-refractivity contribution is 5.99. The predicted octanol–water partition coefficient (Wildman–Crippen LogP) is 4.80. The van der Waals surface area contributed by atoms with Gasteiger partial charge in [0.25, 0.3) is 0 Å². The summed E-state index contributed by atoms with van der Waals surface area (Å²) >= 11 is 0. The quantitative estimate of drug-likeness (QED) is 0.528. The monoisotopic (exact) mass is 380 g/mol. The molecule has 0 aliphatic carbocycles. The second-order valence-corrected chi connectivity index (χ2v) is 6.66. The van der Waals surface area contributed by atoms with Crippen molar-refractivity contribution in [1.82, 2.24) is 0 Å². The Labute approximate surface area is 167 Å². The Balaban J connectivity index is 2.78. The maximum absolute atomic E-state index is 12.8. The highest BCUT2D eigenvalue weighted by atomic mass is 16.5. The summed E-state index contributed by atoms with van der Waals surface area (Å²) in [5.74, 6) is 0.170. The summed E-state index contributed by atoms with van der Waals surface area (Å²) in [6.45, 7) is 7.62. The summed E-state index contributed by atoms with van der Waals surface area (Å²) in [5.41, 5.74) is 4.38. The molecule has 0 saturated carbocycles. The normalized spacial score (nSPS) is 12.4. The van der Waals surface area contributed by atoms with Crippen molar-refractivity contribution in [2.24, 2.45) is 0 Å². The SMILES string of the molecule is C=C(C)C(O)Cc1cc(OC)cc(/C(=C/CC)c2ccccc2)c1C(=O)OC. The number of hydrogen-bond acceptors (Lipinski definition) is 4. The van der Waals surface area contributed by atoms with Crippen molar-refractivity contribution in [3.63, 3.8) is 0 Å². The number of hydrogen-bond donors (Lipinski definition) is 1. The zero-order chi connectivity index (χ0) is 20.7. The Morgan fingerprint density at radius 2 is 1.89 bits per heavy atom. The molecule has 0 fully saturated rings. The Kier molecular flexibility index (Phi) is 7.59. The molecule has 0 aliphatic heterocycles. The molecule has 2 rings (SSSR count). The number of carbonyl (C=O) groups is 1. The van der Waals surface area contributed by atoms with Crippen LogP contribution in [0.25, 0.3) is 5.57 Å². The highest BCUT2D eigenvalue weighted by Gasteiger charge is 2.23. The number of aliphatic hydroxyl groups excluding tert-OH is 1. The summed E-state index contributed by atoms with van der Waals surface area (Å²) in [5, 5.41) is 10.4. The van der Waals surface area contributed by atoms with Gasteiger partial charge in [-0.1, -0.05) is 55.5 Å². The van der Waals surface area contributed by atoms with Crippen molar-refractivity contribution in [2.45, 2.75) is 32.8 Å². The number of benzene rings is 2. The minimum Gasteiger partial charge on any atom is -0.497 e. The van der Waals surface area contributed by atoms with Gasteiger partial charge < -0.3 is 14.6 Å². The van der Waals surface area contributed by atoms with Gasteiger partial charge in [0, 0.05) is 12.0 Å². The minimum atomic E-state index is -0.765. The van der Waals surface area contributed by atoms with Gasteiger partial charge in [0.1, 0.15) is 5.75 Å². The van der Waals surface area contributed by atoms with Gasteiger partial charge in [-0.3, -0.25) is 0 Å². The van der Waals surface area contributed by atoms with E-state index in [9.17, 15) is 9.90 Å². The molecule has 1 atom stereocenters. The molecule has 28 heavy (non-hydrogen) atoms. The zero-order valence-electron chi connectivity index (χ0n) is 17.0. The average Bonchev–Trinajstić information content (AvgIpc) is 2.71. The van der Waals surface area contributed by atoms with E-state index in [0.29, 0.717) is 22.4 Å². The van der Waals surface area contributed by atoms with Crippen LogP contribution in [0.15, 0.2) is 60.7 Å². The van der Waals surface area contributed by atoms with Gasteiger partial charge in [-0.05, 0) is 42.2 Å². The number of aliphatic hydroxyl groups is 1. The Hall–Kier alpha value is -2.85. The fourth-order valence-corrected chi connectivity index (χ4v) is 3.10. The van der Waals surface area contributed by atoms with Crippen molar-refractivity contribution in [2.75, 3.05) is 14.2 Å². The molecule has 4 heteroatoms. The molecule has 148 valence electrons. The summed E-state index contributed by atoms with van der Waals surface area (Å²) in [6, 6.07) is 13.5. The van der Waals surface area contributed by atoms with Crippen LogP contribution in [-0.2, 0) is 11.2 Å². The van der Waals surface area contributed by atoms with E-state index >= 15 is 0 Å². The molecule has 0 radical (unpaired) electrons. The second kappa shape index (κ2) is 9.90. The number of allylic oxidation sites excluding steroid dienone is 1. The van der Waals surface area contributed by atoms with E-state index in [1.807, 2.05) is 43.3 Å². The summed E-state index contributed by atoms with van der Waals surface area (Å²) in [6.07, 6.45) is 2.36. The molecular formula is C24H28O4. The average molecular weight is 380 g/mol. The van der Waals surface area contributed by atoms with Gasteiger partial charge in [-0.2, -0.15) is 0 Å². The smallest absolute Gasteiger partial charge is 0.338 e. The van der Waals surface area contributed by atoms with Crippen molar-refractivity contribution >= 4 is 11.5 Å². The van der Waals surface area contributed by atoms with Crippen LogP contribution in [0.5, 0.6) is 5.75 Å². The van der Waals surface area contributed by atoms with Gasteiger partial charge in [0.15, 0.2) is 0 Å². The van der Waals surface area contributed by atoms with Gasteiger partial charge >= 0.3 is 5.97 Å². The zero-order valence-corrected chi connectivity index (χ0v) is 17.0. The number of rotatable bonds is 8. The van der Waals surface area contributed by atoms with Crippen molar-refractivity contribution in [3.05, 3.63) is 82.9 Å². The molecule has 0 heterocycles. The van der Waals surface area contributed by atoms with Crippen LogP contribution >= 0.6 is 0 Å². The first-order valence-corrected chi connectivity index (χ1v) is 9.31. The minimum absolute atomic E-state index is 0.248. The number of carbonyl (C=O) groups excluding carboxylic acids is 1. The lowest BCUT2D eigenvalue weighted by Crippen LogP contribution is -2.17. The van der Waals surface area contributed by atoms with Gasteiger partial charge in [0.05, 0.1) is 25.9 Å². The fraction of sp³-hybridized carbons (Fsp3) is 0.292.